The van der Waals surface area contributed by atoms with Gasteiger partial charge < -0.3 is 5.73 Å². The number of rotatable bonds is 5. The minimum Gasteiger partial charge on any atom is -0.330 e. The molecule has 78 valence electrons. The number of hydrogen-bond donors (Lipinski definition) is 1. The number of carbonyl (C=O) groups is 1. The molecule has 1 unspecified atom stereocenters. The average molecular weight is 196 g/mol. The SMILES string of the molecule is CCC(CN)C(=O)Cc1ncnn1C. The lowest BCUT2D eigenvalue weighted by atomic mass is 9.99. The van der Waals surface area contributed by atoms with E-state index < -0.39 is 0 Å². The van der Waals surface area contributed by atoms with E-state index >= 15 is 0 Å². The molecule has 1 aromatic rings. The highest BCUT2D eigenvalue weighted by molar-refractivity contribution is 5.82. The summed E-state index contributed by atoms with van der Waals surface area (Å²) in [4.78, 5) is 15.7. The van der Waals surface area contributed by atoms with E-state index in [9.17, 15) is 4.79 Å². The van der Waals surface area contributed by atoms with Crippen LogP contribution >= 0.6 is 0 Å². The van der Waals surface area contributed by atoms with Crippen LogP contribution in [0.25, 0.3) is 0 Å². The van der Waals surface area contributed by atoms with Crippen LogP contribution in [-0.4, -0.2) is 27.1 Å². The Bertz CT molecular complexity index is 304. The van der Waals surface area contributed by atoms with Crippen molar-refractivity contribution in [3.8, 4) is 0 Å². The average Bonchev–Trinajstić information content (AvgIpc) is 2.54. The lowest BCUT2D eigenvalue weighted by Gasteiger charge is -2.09. The number of nitrogens with zero attached hydrogens (tertiary/aromatic N) is 3. The highest BCUT2D eigenvalue weighted by Gasteiger charge is 2.16. The molecule has 0 saturated carbocycles. The molecule has 0 fully saturated rings. The third-order valence-corrected chi connectivity index (χ3v) is 2.37. The van der Waals surface area contributed by atoms with Crippen LogP contribution < -0.4 is 5.73 Å². The minimum absolute atomic E-state index is 0.0494. The quantitative estimate of drug-likeness (QED) is 0.714. The molecule has 0 aliphatic rings. The van der Waals surface area contributed by atoms with Crippen molar-refractivity contribution in [2.24, 2.45) is 18.7 Å². The van der Waals surface area contributed by atoms with E-state index in [0.29, 0.717) is 18.8 Å². The second-order valence-electron chi connectivity index (χ2n) is 3.28. The molecule has 0 aromatic carbocycles. The van der Waals surface area contributed by atoms with Crippen molar-refractivity contribution < 1.29 is 4.79 Å². The Labute approximate surface area is 83.3 Å². The Hall–Kier alpha value is -1.23. The van der Waals surface area contributed by atoms with Gasteiger partial charge in [0.15, 0.2) is 0 Å². The monoisotopic (exact) mass is 196 g/mol. The Morgan fingerprint density at radius 1 is 1.71 bits per heavy atom. The van der Waals surface area contributed by atoms with Gasteiger partial charge in [-0.3, -0.25) is 9.48 Å². The van der Waals surface area contributed by atoms with Crippen molar-refractivity contribution in [3.05, 3.63) is 12.2 Å². The van der Waals surface area contributed by atoms with Crippen LogP contribution in [0.4, 0.5) is 0 Å². The van der Waals surface area contributed by atoms with Crippen molar-refractivity contribution in [2.75, 3.05) is 6.54 Å². The Morgan fingerprint density at radius 2 is 2.43 bits per heavy atom. The number of aromatic nitrogens is 3. The van der Waals surface area contributed by atoms with Gasteiger partial charge in [0.2, 0.25) is 0 Å². The van der Waals surface area contributed by atoms with Gasteiger partial charge >= 0.3 is 0 Å². The normalized spacial score (nSPS) is 12.8. The first-order chi connectivity index (χ1) is 6.69. The van der Waals surface area contributed by atoms with Gasteiger partial charge in [-0.1, -0.05) is 6.92 Å². The first kappa shape index (κ1) is 10.8. The predicted molar refractivity (Wildman–Crippen MR) is 52.5 cm³/mol. The van der Waals surface area contributed by atoms with Crippen molar-refractivity contribution in [1.82, 2.24) is 14.8 Å². The summed E-state index contributed by atoms with van der Waals surface area (Å²) in [5.41, 5.74) is 5.49. The molecular weight excluding hydrogens is 180 g/mol. The maximum Gasteiger partial charge on any atom is 0.144 e. The fourth-order valence-corrected chi connectivity index (χ4v) is 1.31. The molecule has 0 amide bonds. The maximum atomic E-state index is 11.7. The summed E-state index contributed by atoms with van der Waals surface area (Å²) in [5, 5.41) is 3.90. The molecule has 0 bridgehead atoms. The predicted octanol–water partition coefficient (Wildman–Crippen LogP) is -0.0884. The van der Waals surface area contributed by atoms with Gasteiger partial charge in [-0.2, -0.15) is 5.10 Å². The molecule has 2 N–H and O–H groups in total. The molecule has 1 heterocycles. The molecule has 1 atom stereocenters. The second kappa shape index (κ2) is 4.85. The molecule has 1 aromatic heterocycles. The summed E-state index contributed by atoms with van der Waals surface area (Å²) in [6, 6.07) is 0. The summed E-state index contributed by atoms with van der Waals surface area (Å²) in [7, 11) is 1.78. The van der Waals surface area contributed by atoms with E-state index in [2.05, 4.69) is 10.1 Å². The fourth-order valence-electron chi connectivity index (χ4n) is 1.31. The highest BCUT2D eigenvalue weighted by atomic mass is 16.1. The van der Waals surface area contributed by atoms with E-state index in [1.54, 1.807) is 11.7 Å². The molecule has 5 nitrogen and oxygen atoms in total. The number of hydrogen-bond acceptors (Lipinski definition) is 4. The molecule has 0 aliphatic carbocycles. The topological polar surface area (TPSA) is 73.8 Å². The van der Waals surface area contributed by atoms with Gasteiger partial charge in [0, 0.05) is 19.5 Å². The van der Waals surface area contributed by atoms with E-state index in [-0.39, 0.29) is 11.7 Å². The summed E-state index contributed by atoms with van der Waals surface area (Å²) in [6.07, 6.45) is 2.56. The highest BCUT2D eigenvalue weighted by Crippen LogP contribution is 2.05. The summed E-state index contributed by atoms with van der Waals surface area (Å²) in [6.45, 7) is 2.37. The van der Waals surface area contributed by atoms with Crippen molar-refractivity contribution in [3.63, 3.8) is 0 Å². The zero-order valence-electron chi connectivity index (χ0n) is 8.60. The smallest absolute Gasteiger partial charge is 0.144 e. The van der Waals surface area contributed by atoms with Crippen LogP contribution in [0.2, 0.25) is 0 Å². The third kappa shape index (κ3) is 2.38. The van der Waals surface area contributed by atoms with E-state index in [0.717, 1.165) is 6.42 Å². The van der Waals surface area contributed by atoms with Gasteiger partial charge in [-0.05, 0) is 6.42 Å². The molecular formula is C9H16N4O. The lowest BCUT2D eigenvalue weighted by molar-refractivity contribution is -0.122. The third-order valence-electron chi connectivity index (χ3n) is 2.37. The molecule has 0 spiro atoms. The fraction of sp³-hybridized carbons (Fsp3) is 0.667. The van der Waals surface area contributed by atoms with Crippen LogP contribution in [-0.2, 0) is 18.3 Å². The zero-order valence-corrected chi connectivity index (χ0v) is 8.60. The van der Waals surface area contributed by atoms with Gasteiger partial charge in [0.25, 0.3) is 0 Å². The van der Waals surface area contributed by atoms with Gasteiger partial charge in [-0.25, -0.2) is 4.98 Å². The number of Topliss-reactive ketones (excluding diaryl/α,β-unsaturated/α-hetero) is 1. The van der Waals surface area contributed by atoms with Crippen molar-refractivity contribution in [1.29, 1.82) is 0 Å². The second-order valence-corrected chi connectivity index (χ2v) is 3.28. The van der Waals surface area contributed by atoms with Gasteiger partial charge in [0.05, 0.1) is 6.42 Å². The molecule has 0 radical (unpaired) electrons. The molecule has 14 heavy (non-hydrogen) atoms. The van der Waals surface area contributed by atoms with Gasteiger partial charge in [0.1, 0.15) is 17.9 Å². The first-order valence-electron chi connectivity index (χ1n) is 4.74. The summed E-state index contributed by atoms with van der Waals surface area (Å²) < 4.78 is 1.61. The summed E-state index contributed by atoms with van der Waals surface area (Å²) >= 11 is 0. The molecule has 0 aliphatic heterocycles. The Balaban J connectivity index is 2.61. The van der Waals surface area contributed by atoms with Crippen LogP contribution in [0.15, 0.2) is 6.33 Å². The van der Waals surface area contributed by atoms with Crippen LogP contribution in [0, 0.1) is 5.92 Å². The van der Waals surface area contributed by atoms with E-state index in [1.165, 1.54) is 6.33 Å². The number of ketones is 1. The molecule has 5 heteroatoms. The maximum absolute atomic E-state index is 11.7. The Morgan fingerprint density at radius 3 is 2.86 bits per heavy atom. The minimum atomic E-state index is -0.0494. The largest absolute Gasteiger partial charge is 0.330 e. The van der Waals surface area contributed by atoms with Crippen LogP contribution in [0.1, 0.15) is 19.2 Å². The van der Waals surface area contributed by atoms with Crippen LogP contribution in [0.5, 0.6) is 0 Å². The lowest BCUT2D eigenvalue weighted by Crippen LogP contribution is -2.25. The summed E-state index contributed by atoms with van der Waals surface area (Å²) in [5.74, 6) is 0.791. The van der Waals surface area contributed by atoms with Crippen molar-refractivity contribution in [2.45, 2.75) is 19.8 Å². The number of aryl methyl sites for hydroxylation is 1. The Kier molecular flexibility index (Phi) is 3.76. The van der Waals surface area contributed by atoms with Crippen LogP contribution in [0.3, 0.4) is 0 Å². The molecule has 1 rings (SSSR count). The number of nitrogens with two attached hydrogens (primary N) is 1. The first-order valence-corrected chi connectivity index (χ1v) is 4.74. The number of carbonyl (C=O) groups excluding carboxylic acids is 1. The van der Waals surface area contributed by atoms with E-state index in [4.69, 9.17) is 5.73 Å². The zero-order chi connectivity index (χ0) is 10.6. The van der Waals surface area contributed by atoms with Crippen molar-refractivity contribution >= 4 is 5.78 Å². The van der Waals surface area contributed by atoms with Gasteiger partial charge in [-0.15, -0.1) is 0 Å². The standard InChI is InChI=1S/C9H16N4O/c1-3-7(5-10)8(14)4-9-11-6-12-13(9)2/h6-7H,3-5,10H2,1-2H3. The molecule has 0 saturated heterocycles. The van der Waals surface area contributed by atoms with E-state index in [1.807, 2.05) is 6.92 Å².